The molecule has 0 saturated carbocycles. The van der Waals surface area contributed by atoms with Gasteiger partial charge in [-0.1, -0.05) is 66.2 Å². The number of ketones is 1. The third-order valence-electron chi connectivity index (χ3n) is 7.51. The highest BCUT2D eigenvalue weighted by atomic mass is 19.4. The lowest BCUT2D eigenvalue weighted by Gasteiger charge is -2.51. The molecule has 1 N–H and O–H groups in total. The maximum Gasteiger partial charge on any atom is 0.430 e. The summed E-state index contributed by atoms with van der Waals surface area (Å²) in [6, 6.07) is 26.4. The van der Waals surface area contributed by atoms with E-state index in [-0.39, 0.29) is 23.8 Å². The summed E-state index contributed by atoms with van der Waals surface area (Å²) in [7, 11) is 0. The van der Waals surface area contributed by atoms with Crippen molar-refractivity contribution in [3.8, 4) is 0 Å². The van der Waals surface area contributed by atoms with Gasteiger partial charge in [0, 0.05) is 42.5 Å². The number of piperidine rings is 3. The van der Waals surface area contributed by atoms with Crippen molar-refractivity contribution in [2.45, 2.75) is 39.0 Å². The van der Waals surface area contributed by atoms with Gasteiger partial charge in [0.2, 0.25) is 5.78 Å². The molecule has 0 aromatic heterocycles. The fraction of sp³-hybridized carbons (Fsp3) is 0.333. The maximum atomic E-state index is 12.5. The summed E-state index contributed by atoms with van der Waals surface area (Å²) < 4.78 is 37.8. The second-order valence-electron chi connectivity index (χ2n) is 10.9. The Morgan fingerprint density at radius 1 is 0.864 bits per heavy atom. The monoisotopic (exact) mass is 612 g/mol. The van der Waals surface area contributed by atoms with Crippen molar-refractivity contribution in [1.82, 2.24) is 0 Å². The van der Waals surface area contributed by atoms with Gasteiger partial charge in [0.1, 0.15) is 19.1 Å². The number of quaternary nitrogens is 1. The number of fused-ring (bicyclic) bond motifs is 3. The van der Waals surface area contributed by atoms with Gasteiger partial charge in [-0.15, -0.1) is 0 Å². The molecule has 3 fully saturated rings. The van der Waals surface area contributed by atoms with Gasteiger partial charge in [-0.25, -0.2) is 0 Å². The molecule has 1 amide bonds. The predicted octanol–water partition coefficient (Wildman–Crippen LogP) is 4.59. The number of nitrogens with one attached hydrogen (secondary N) is 1. The first kappa shape index (κ1) is 34.0. The summed E-state index contributed by atoms with van der Waals surface area (Å²) in [5, 5.41) is 11.6. The number of aliphatic carboxylic acids is 1. The van der Waals surface area contributed by atoms with Crippen molar-refractivity contribution in [2.75, 3.05) is 31.5 Å². The number of carboxylic acids is 1. The normalized spacial score (nSPS) is 20.1. The van der Waals surface area contributed by atoms with E-state index in [1.807, 2.05) is 91.9 Å². The van der Waals surface area contributed by atoms with E-state index in [2.05, 4.69) is 5.32 Å². The van der Waals surface area contributed by atoms with Crippen LogP contribution < -0.4 is 10.4 Å². The molecular formula is C33H35F3N2O6. The Labute approximate surface area is 254 Å². The summed E-state index contributed by atoms with van der Waals surface area (Å²) in [5.74, 6) is -2.61. The number of Topliss-reactive ketones (excluding diaryl/α,β-unsaturated/α-hetero) is 1. The number of esters is 1. The minimum atomic E-state index is -5.19. The van der Waals surface area contributed by atoms with Crippen molar-refractivity contribution in [1.29, 1.82) is 0 Å². The SMILES string of the molecule is CC(=O)O[C@H]1C[N+]2(CC(=O)c3ccccc3)CCC1CC2.Cc1ccc(C(=O)Nc2ccccc2)cc1.O=C([O-])C(F)(F)F. The van der Waals surface area contributed by atoms with E-state index >= 15 is 0 Å². The zero-order valence-corrected chi connectivity index (χ0v) is 24.5. The van der Waals surface area contributed by atoms with Gasteiger partial charge in [0.05, 0.1) is 13.1 Å². The minimum Gasteiger partial charge on any atom is -0.542 e. The molecule has 3 aliphatic rings. The largest absolute Gasteiger partial charge is 0.542 e. The van der Waals surface area contributed by atoms with Crippen molar-refractivity contribution >= 4 is 29.3 Å². The highest BCUT2D eigenvalue weighted by Gasteiger charge is 2.48. The fourth-order valence-corrected chi connectivity index (χ4v) is 5.24. The van der Waals surface area contributed by atoms with Crippen LogP contribution in [0.1, 0.15) is 46.0 Å². The van der Waals surface area contributed by atoms with Crippen molar-refractivity contribution in [3.05, 3.63) is 102 Å². The number of carboxylic acid groups (broad SMARTS) is 1. The van der Waals surface area contributed by atoms with Gasteiger partial charge >= 0.3 is 12.1 Å². The lowest BCUT2D eigenvalue weighted by atomic mass is 9.83. The average Bonchev–Trinajstić information content (AvgIpc) is 2.99. The van der Waals surface area contributed by atoms with Crippen LogP contribution in [0.15, 0.2) is 84.9 Å². The van der Waals surface area contributed by atoms with E-state index in [4.69, 9.17) is 14.6 Å². The molecule has 1 atom stereocenters. The van der Waals surface area contributed by atoms with Crippen LogP contribution in [0.4, 0.5) is 18.9 Å². The zero-order chi connectivity index (χ0) is 32.3. The number of rotatable bonds is 6. The van der Waals surface area contributed by atoms with Crippen LogP contribution in [0, 0.1) is 12.8 Å². The molecule has 11 heteroatoms. The lowest BCUT2D eigenvalue weighted by Crippen LogP contribution is -2.65. The smallest absolute Gasteiger partial charge is 0.430 e. The molecule has 0 spiro atoms. The Morgan fingerprint density at radius 2 is 1.39 bits per heavy atom. The predicted molar refractivity (Wildman–Crippen MR) is 155 cm³/mol. The minimum absolute atomic E-state index is 0.00595. The average molecular weight is 613 g/mol. The first-order valence-electron chi connectivity index (χ1n) is 14.1. The number of aryl methyl sites for hydroxylation is 1. The molecule has 234 valence electrons. The van der Waals surface area contributed by atoms with Crippen LogP contribution in [0.3, 0.4) is 0 Å². The molecule has 3 aromatic carbocycles. The van der Waals surface area contributed by atoms with E-state index in [0.29, 0.717) is 18.0 Å². The number of benzene rings is 3. The molecule has 8 nitrogen and oxygen atoms in total. The van der Waals surface area contributed by atoms with Crippen molar-refractivity contribution in [3.63, 3.8) is 0 Å². The van der Waals surface area contributed by atoms with Gasteiger partial charge in [-0.05, 0) is 31.2 Å². The van der Waals surface area contributed by atoms with Gasteiger partial charge in [0.25, 0.3) is 5.91 Å². The molecule has 3 saturated heterocycles. The number of halogens is 3. The molecule has 2 bridgehead atoms. The summed E-state index contributed by atoms with van der Waals surface area (Å²) in [6.45, 7) is 6.84. The topological polar surface area (TPSA) is 113 Å². The summed E-state index contributed by atoms with van der Waals surface area (Å²) >= 11 is 0. The Balaban J connectivity index is 0.000000203. The van der Waals surface area contributed by atoms with Crippen molar-refractivity contribution in [2.24, 2.45) is 5.92 Å². The third kappa shape index (κ3) is 10.3. The molecule has 3 aliphatic heterocycles. The first-order chi connectivity index (χ1) is 20.8. The second kappa shape index (κ2) is 15.3. The Kier molecular flexibility index (Phi) is 11.8. The maximum absolute atomic E-state index is 12.5. The van der Waals surface area contributed by atoms with Crippen LogP contribution in [-0.4, -0.2) is 66.6 Å². The standard InChI is InChI=1S/C17H22NO3.C14H13NO.C2HF3O2/c1-13(19)21-17-12-18(9-7-15(17)8-10-18)11-16(20)14-5-3-2-4-6-14;1-11-7-9-12(10-8-11)14(16)15-13-5-3-2-4-6-13;3-2(4,5)1(6)7/h2-6,15,17H,7-12H2,1H3;2-10H,1H3,(H,15,16);(H,6,7)/q+1;;/p-1/t15?,17-,18?;;/m0../s1. The van der Waals surface area contributed by atoms with Crippen molar-refractivity contribution < 1.29 is 46.7 Å². The highest BCUT2D eigenvalue weighted by molar-refractivity contribution is 6.04. The van der Waals surface area contributed by atoms with E-state index in [0.717, 1.165) is 53.8 Å². The van der Waals surface area contributed by atoms with Crippen LogP contribution >= 0.6 is 0 Å². The summed E-state index contributed by atoms with van der Waals surface area (Å²) in [4.78, 5) is 44.3. The van der Waals surface area contributed by atoms with E-state index in [1.165, 1.54) is 6.92 Å². The number of carbonyl (C=O) groups excluding carboxylic acids is 4. The first-order valence-corrected chi connectivity index (χ1v) is 14.1. The number of anilines is 1. The van der Waals surface area contributed by atoms with Gasteiger partial charge in [-0.3, -0.25) is 14.4 Å². The molecule has 0 unspecified atom stereocenters. The van der Waals surface area contributed by atoms with Gasteiger partial charge in [-0.2, -0.15) is 13.2 Å². The Hall–Kier alpha value is -4.51. The molecule has 3 heterocycles. The van der Waals surface area contributed by atoms with E-state index in [9.17, 15) is 27.6 Å². The number of hydrogen-bond donors (Lipinski definition) is 1. The number of hydrogen-bond acceptors (Lipinski definition) is 6. The van der Waals surface area contributed by atoms with E-state index < -0.39 is 12.1 Å². The van der Waals surface area contributed by atoms with Crippen LogP contribution in [-0.2, 0) is 14.3 Å². The highest BCUT2D eigenvalue weighted by Crippen LogP contribution is 2.35. The van der Waals surface area contributed by atoms with E-state index in [1.54, 1.807) is 0 Å². The number of amides is 1. The van der Waals surface area contributed by atoms with Crippen LogP contribution in [0.5, 0.6) is 0 Å². The quantitative estimate of drug-likeness (QED) is 0.248. The van der Waals surface area contributed by atoms with Gasteiger partial charge in [0.15, 0.2) is 6.10 Å². The number of carbonyl (C=O) groups is 4. The molecule has 0 aliphatic carbocycles. The van der Waals surface area contributed by atoms with Crippen LogP contribution in [0.2, 0.25) is 0 Å². The zero-order valence-electron chi connectivity index (χ0n) is 24.5. The summed E-state index contributed by atoms with van der Waals surface area (Å²) in [5.41, 5.74) is 3.42. The second-order valence-corrected chi connectivity index (χ2v) is 10.9. The molecule has 0 radical (unpaired) electrons. The lowest BCUT2D eigenvalue weighted by molar-refractivity contribution is -0.938. The number of para-hydroxylation sites is 1. The number of alkyl halides is 3. The Morgan fingerprint density at radius 3 is 1.89 bits per heavy atom. The fourth-order valence-electron chi connectivity index (χ4n) is 5.24. The van der Waals surface area contributed by atoms with Gasteiger partial charge < -0.3 is 24.4 Å². The Bertz CT molecular complexity index is 1400. The van der Waals surface area contributed by atoms with Crippen LogP contribution in [0.25, 0.3) is 0 Å². The number of nitrogens with zero attached hydrogens (tertiary/aromatic N) is 1. The molecule has 3 aromatic rings. The number of ether oxygens (including phenoxy) is 1. The summed E-state index contributed by atoms with van der Waals surface area (Å²) in [6.07, 6.45) is -3.09. The molecule has 6 rings (SSSR count). The third-order valence-corrected chi connectivity index (χ3v) is 7.51. The molecular weight excluding hydrogens is 577 g/mol. The molecule has 44 heavy (non-hydrogen) atoms.